The molecular formula is C12H12O3S. The van der Waals surface area contributed by atoms with Crippen LogP contribution >= 0.6 is 0 Å². The van der Waals surface area contributed by atoms with Gasteiger partial charge >= 0.3 is 0 Å². The first-order chi connectivity index (χ1) is 7.58. The first kappa shape index (κ1) is 11.0. The Morgan fingerprint density at radius 2 is 1.88 bits per heavy atom. The van der Waals surface area contributed by atoms with Gasteiger partial charge in [-0.1, -0.05) is 18.2 Å². The second kappa shape index (κ2) is 4.14. The predicted octanol–water partition coefficient (Wildman–Crippen LogP) is 2.56. The summed E-state index contributed by atoms with van der Waals surface area (Å²) in [6, 6.07) is 10.2. The van der Waals surface area contributed by atoms with Crippen LogP contribution in [-0.2, 0) is 15.6 Å². The largest absolute Gasteiger partial charge is 0.469 e. The summed E-state index contributed by atoms with van der Waals surface area (Å²) < 4.78 is 29.0. The molecule has 1 heterocycles. The van der Waals surface area contributed by atoms with Crippen molar-refractivity contribution in [2.45, 2.75) is 17.6 Å². The van der Waals surface area contributed by atoms with E-state index in [0.717, 1.165) is 5.76 Å². The molecule has 1 aromatic carbocycles. The van der Waals surface area contributed by atoms with E-state index in [-0.39, 0.29) is 5.75 Å². The van der Waals surface area contributed by atoms with Crippen LogP contribution in [0.1, 0.15) is 11.3 Å². The molecular weight excluding hydrogens is 224 g/mol. The van der Waals surface area contributed by atoms with Crippen molar-refractivity contribution in [3.63, 3.8) is 0 Å². The fourth-order valence-electron chi connectivity index (χ4n) is 1.50. The number of sulfone groups is 1. The third kappa shape index (κ3) is 2.33. The number of aryl methyl sites for hydroxylation is 1. The van der Waals surface area contributed by atoms with Gasteiger partial charge in [-0.3, -0.25) is 0 Å². The molecule has 0 spiro atoms. The van der Waals surface area contributed by atoms with Crippen molar-refractivity contribution in [1.82, 2.24) is 0 Å². The van der Waals surface area contributed by atoms with Crippen LogP contribution in [0.5, 0.6) is 0 Å². The van der Waals surface area contributed by atoms with Gasteiger partial charge in [0.15, 0.2) is 9.84 Å². The summed E-state index contributed by atoms with van der Waals surface area (Å²) in [6.45, 7) is 1.79. The van der Waals surface area contributed by atoms with Crippen molar-refractivity contribution < 1.29 is 12.8 Å². The lowest BCUT2D eigenvalue weighted by molar-refractivity contribution is 0.532. The number of hydrogen-bond acceptors (Lipinski definition) is 3. The van der Waals surface area contributed by atoms with Crippen molar-refractivity contribution in [1.29, 1.82) is 0 Å². The summed E-state index contributed by atoms with van der Waals surface area (Å²) in [7, 11) is -3.26. The van der Waals surface area contributed by atoms with E-state index in [0.29, 0.717) is 10.5 Å². The second-order valence-corrected chi connectivity index (χ2v) is 5.63. The molecule has 0 atom stereocenters. The average Bonchev–Trinajstić information content (AvgIpc) is 2.64. The van der Waals surface area contributed by atoms with E-state index >= 15 is 0 Å². The van der Waals surface area contributed by atoms with Gasteiger partial charge in [0.1, 0.15) is 5.76 Å². The van der Waals surface area contributed by atoms with Gasteiger partial charge in [-0.2, -0.15) is 0 Å². The molecule has 3 nitrogen and oxygen atoms in total. The van der Waals surface area contributed by atoms with E-state index in [1.807, 2.05) is 0 Å². The zero-order valence-corrected chi connectivity index (χ0v) is 9.70. The lowest BCUT2D eigenvalue weighted by Crippen LogP contribution is -2.03. The lowest BCUT2D eigenvalue weighted by Gasteiger charge is -2.01. The molecule has 0 radical (unpaired) electrons. The smallest absolute Gasteiger partial charge is 0.182 e. The van der Waals surface area contributed by atoms with Crippen molar-refractivity contribution in [3.05, 3.63) is 54.0 Å². The molecule has 1 aromatic heterocycles. The van der Waals surface area contributed by atoms with E-state index < -0.39 is 9.84 Å². The minimum atomic E-state index is -3.26. The molecule has 0 bridgehead atoms. The molecule has 0 unspecified atom stereocenters. The standard InChI is InChI=1S/C12H12O3S/c1-10-7-11(8-15-10)9-16(13,14)12-5-3-2-4-6-12/h2-8H,9H2,1H3. The quantitative estimate of drug-likeness (QED) is 0.822. The van der Waals surface area contributed by atoms with Crippen molar-refractivity contribution in [3.8, 4) is 0 Å². The highest BCUT2D eigenvalue weighted by molar-refractivity contribution is 7.90. The van der Waals surface area contributed by atoms with Crippen LogP contribution in [0, 0.1) is 6.92 Å². The molecule has 0 N–H and O–H groups in total. The van der Waals surface area contributed by atoms with Gasteiger partial charge in [-0.15, -0.1) is 0 Å². The maximum atomic E-state index is 12.0. The molecule has 0 aliphatic rings. The molecule has 4 heteroatoms. The SMILES string of the molecule is Cc1cc(CS(=O)(=O)c2ccccc2)co1. The van der Waals surface area contributed by atoms with Crippen LogP contribution in [0.25, 0.3) is 0 Å². The summed E-state index contributed by atoms with van der Waals surface area (Å²) in [5, 5.41) is 0. The molecule has 2 rings (SSSR count). The molecule has 0 saturated carbocycles. The predicted molar refractivity (Wildman–Crippen MR) is 60.8 cm³/mol. The Balaban J connectivity index is 2.28. The van der Waals surface area contributed by atoms with Gasteiger partial charge in [-0.05, 0) is 25.1 Å². The Bertz CT molecular complexity index is 567. The zero-order chi connectivity index (χ0) is 11.6. The van der Waals surface area contributed by atoms with E-state index in [4.69, 9.17) is 4.42 Å². The molecule has 0 aliphatic carbocycles. The molecule has 0 amide bonds. The maximum absolute atomic E-state index is 12.0. The van der Waals surface area contributed by atoms with E-state index in [2.05, 4.69) is 0 Å². The Morgan fingerprint density at radius 3 is 2.44 bits per heavy atom. The molecule has 0 saturated heterocycles. The molecule has 84 valence electrons. The average molecular weight is 236 g/mol. The van der Waals surface area contributed by atoms with E-state index in [1.165, 1.54) is 6.26 Å². The minimum absolute atomic E-state index is 0.0195. The Labute approximate surface area is 94.6 Å². The van der Waals surface area contributed by atoms with Crippen molar-refractivity contribution >= 4 is 9.84 Å². The van der Waals surface area contributed by atoms with Crippen LogP contribution < -0.4 is 0 Å². The van der Waals surface area contributed by atoms with E-state index in [9.17, 15) is 8.42 Å². The van der Waals surface area contributed by atoms with Gasteiger partial charge < -0.3 is 4.42 Å². The van der Waals surface area contributed by atoms with Crippen LogP contribution in [0.2, 0.25) is 0 Å². The van der Waals surface area contributed by atoms with Gasteiger partial charge in [0.25, 0.3) is 0 Å². The second-order valence-electron chi connectivity index (χ2n) is 3.64. The fraction of sp³-hybridized carbons (Fsp3) is 0.167. The topological polar surface area (TPSA) is 47.3 Å². The minimum Gasteiger partial charge on any atom is -0.469 e. The lowest BCUT2D eigenvalue weighted by atomic mass is 10.3. The molecule has 16 heavy (non-hydrogen) atoms. The first-order valence-corrected chi connectivity index (χ1v) is 6.55. The van der Waals surface area contributed by atoms with Gasteiger partial charge in [0, 0.05) is 5.56 Å². The molecule has 0 fully saturated rings. The summed E-state index contributed by atoms with van der Waals surface area (Å²) in [6.07, 6.45) is 1.48. The van der Waals surface area contributed by atoms with Crippen LogP contribution in [0.3, 0.4) is 0 Å². The fourth-order valence-corrected chi connectivity index (χ4v) is 2.83. The highest BCUT2D eigenvalue weighted by Crippen LogP contribution is 2.17. The summed E-state index contributed by atoms with van der Waals surface area (Å²) in [5.41, 5.74) is 0.682. The Kier molecular flexibility index (Phi) is 2.83. The summed E-state index contributed by atoms with van der Waals surface area (Å²) in [5.74, 6) is 0.701. The van der Waals surface area contributed by atoms with Gasteiger partial charge in [0.05, 0.1) is 16.9 Å². The molecule has 2 aromatic rings. The van der Waals surface area contributed by atoms with Crippen LogP contribution in [0.15, 0.2) is 52.0 Å². The third-order valence-corrected chi connectivity index (χ3v) is 3.95. The number of rotatable bonds is 3. The zero-order valence-electron chi connectivity index (χ0n) is 8.88. The number of hydrogen-bond donors (Lipinski definition) is 0. The summed E-state index contributed by atoms with van der Waals surface area (Å²) >= 11 is 0. The van der Waals surface area contributed by atoms with Crippen molar-refractivity contribution in [2.24, 2.45) is 0 Å². The van der Waals surface area contributed by atoms with Crippen LogP contribution in [-0.4, -0.2) is 8.42 Å². The number of furan rings is 1. The first-order valence-electron chi connectivity index (χ1n) is 4.90. The number of benzene rings is 1. The van der Waals surface area contributed by atoms with Gasteiger partial charge in [0.2, 0.25) is 0 Å². The Hall–Kier alpha value is -1.55. The highest BCUT2D eigenvalue weighted by atomic mass is 32.2. The molecule has 0 aliphatic heterocycles. The van der Waals surface area contributed by atoms with Crippen molar-refractivity contribution in [2.75, 3.05) is 0 Å². The van der Waals surface area contributed by atoms with Crippen LogP contribution in [0.4, 0.5) is 0 Å². The normalized spacial score (nSPS) is 11.6. The van der Waals surface area contributed by atoms with Gasteiger partial charge in [-0.25, -0.2) is 8.42 Å². The Morgan fingerprint density at radius 1 is 1.19 bits per heavy atom. The highest BCUT2D eigenvalue weighted by Gasteiger charge is 2.15. The van der Waals surface area contributed by atoms with E-state index in [1.54, 1.807) is 43.3 Å². The maximum Gasteiger partial charge on any atom is 0.182 e. The summed E-state index contributed by atoms with van der Waals surface area (Å²) in [4.78, 5) is 0.342. The third-order valence-electron chi connectivity index (χ3n) is 2.24. The monoisotopic (exact) mass is 236 g/mol.